The van der Waals surface area contributed by atoms with Crippen molar-refractivity contribution in [1.82, 2.24) is 19.7 Å². The van der Waals surface area contributed by atoms with E-state index in [2.05, 4.69) is 21.2 Å². The van der Waals surface area contributed by atoms with Crippen molar-refractivity contribution in [2.24, 2.45) is 7.05 Å². The molecule has 0 unspecified atom stereocenters. The smallest absolute Gasteiger partial charge is 0.133 e. The van der Waals surface area contributed by atoms with Gasteiger partial charge in [0.15, 0.2) is 0 Å². The summed E-state index contributed by atoms with van der Waals surface area (Å²) >= 11 is 7.80. The molecule has 0 aromatic carbocycles. The van der Waals surface area contributed by atoms with Gasteiger partial charge in [0.25, 0.3) is 0 Å². The van der Waals surface area contributed by atoms with E-state index in [1.165, 1.54) is 24.8 Å². The Balaban J connectivity index is 1.96. The zero-order chi connectivity index (χ0) is 14.2. The summed E-state index contributed by atoms with van der Waals surface area (Å²) < 4.78 is 2.00. The summed E-state index contributed by atoms with van der Waals surface area (Å²) in [5.41, 5.74) is 1.44. The topological polar surface area (TPSA) is 43.6 Å². The Labute approximate surface area is 128 Å². The maximum Gasteiger partial charge on any atom is 0.133 e. The molecule has 0 bridgehead atoms. The lowest BCUT2D eigenvalue weighted by Crippen LogP contribution is -2.37. The summed E-state index contributed by atoms with van der Waals surface area (Å²) in [6.07, 6.45) is 8.30. The van der Waals surface area contributed by atoms with Gasteiger partial charge in [-0.05, 0) is 36.8 Å². The Morgan fingerprint density at radius 3 is 2.75 bits per heavy atom. The summed E-state index contributed by atoms with van der Waals surface area (Å²) in [7, 11) is 1.99. The monoisotopic (exact) mass is 308 g/mol. The van der Waals surface area contributed by atoms with Crippen LogP contribution in [0.2, 0.25) is 5.15 Å². The highest BCUT2D eigenvalue weighted by Gasteiger charge is 2.40. The van der Waals surface area contributed by atoms with E-state index in [0.717, 1.165) is 17.3 Å². The summed E-state index contributed by atoms with van der Waals surface area (Å²) in [6, 6.07) is 4.18. The molecule has 3 rings (SSSR count). The second-order valence-corrected chi connectivity index (χ2v) is 6.60. The van der Waals surface area contributed by atoms with Gasteiger partial charge in [-0.3, -0.25) is 0 Å². The molecule has 2 aromatic rings. The zero-order valence-corrected chi connectivity index (χ0v) is 13.2. The van der Waals surface area contributed by atoms with Crippen LogP contribution in [-0.4, -0.2) is 26.0 Å². The maximum atomic E-state index is 6.17. The van der Waals surface area contributed by atoms with Crippen molar-refractivity contribution in [1.29, 1.82) is 0 Å². The lowest BCUT2D eigenvalue weighted by molar-refractivity contribution is 0.235. The molecule has 0 N–H and O–H groups in total. The van der Waals surface area contributed by atoms with Gasteiger partial charge in [-0.15, -0.1) is 22.0 Å². The highest BCUT2D eigenvalue weighted by Crippen LogP contribution is 2.46. The van der Waals surface area contributed by atoms with Gasteiger partial charge >= 0.3 is 0 Å². The molecule has 20 heavy (non-hydrogen) atoms. The number of hydrogen-bond acceptors (Lipinski definition) is 4. The number of nitrogens with zero attached hydrogens (tertiary/aromatic N) is 4. The minimum absolute atomic E-state index is 0.151. The number of pyridine rings is 1. The minimum atomic E-state index is 0.151. The summed E-state index contributed by atoms with van der Waals surface area (Å²) in [5.74, 6) is 1.03. The summed E-state index contributed by atoms with van der Waals surface area (Å²) in [5, 5.41) is 9.77. The van der Waals surface area contributed by atoms with E-state index in [-0.39, 0.29) is 5.41 Å². The van der Waals surface area contributed by atoms with E-state index < -0.39 is 0 Å². The van der Waals surface area contributed by atoms with Crippen molar-refractivity contribution in [3.8, 4) is 0 Å². The largest absolute Gasteiger partial charge is 0.321 e. The van der Waals surface area contributed by atoms with Crippen LogP contribution in [0.15, 0.2) is 23.5 Å². The highest BCUT2D eigenvalue weighted by molar-refractivity contribution is 7.98. The Morgan fingerprint density at radius 2 is 2.20 bits per heavy atom. The third-order valence-corrected chi connectivity index (χ3v) is 5.03. The first-order chi connectivity index (χ1) is 9.63. The predicted molar refractivity (Wildman–Crippen MR) is 81.3 cm³/mol. The average molecular weight is 309 g/mol. The van der Waals surface area contributed by atoms with Crippen LogP contribution in [0, 0.1) is 0 Å². The molecule has 2 aromatic heterocycles. The number of hydrogen-bond donors (Lipinski definition) is 0. The highest BCUT2D eigenvalue weighted by atomic mass is 35.5. The Bertz CT molecular complexity index is 621. The van der Waals surface area contributed by atoms with Crippen LogP contribution in [0.25, 0.3) is 0 Å². The van der Waals surface area contributed by atoms with Gasteiger partial charge in [0.05, 0.1) is 5.03 Å². The predicted octanol–water partition coefficient (Wildman–Crippen LogP) is 3.25. The Hall–Kier alpha value is -1.07. The Kier molecular flexibility index (Phi) is 3.73. The number of thioether (sulfide) groups is 1. The van der Waals surface area contributed by atoms with Crippen LogP contribution in [0.4, 0.5) is 0 Å². The molecular weight excluding hydrogens is 292 g/mol. The molecule has 0 radical (unpaired) electrons. The lowest BCUT2D eigenvalue weighted by atomic mass is 9.62. The van der Waals surface area contributed by atoms with Crippen molar-refractivity contribution in [3.63, 3.8) is 0 Å². The van der Waals surface area contributed by atoms with E-state index in [1.807, 2.05) is 23.9 Å². The minimum Gasteiger partial charge on any atom is -0.321 e. The molecule has 0 aliphatic heterocycles. The van der Waals surface area contributed by atoms with Gasteiger partial charge in [-0.25, -0.2) is 4.98 Å². The molecule has 1 saturated carbocycles. The van der Waals surface area contributed by atoms with Crippen LogP contribution < -0.4 is 0 Å². The van der Waals surface area contributed by atoms with Crippen LogP contribution >= 0.6 is 23.4 Å². The van der Waals surface area contributed by atoms with Gasteiger partial charge in [-0.2, -0.15) is 0 Å². The molecular formula is C14H17ClN4S. The number of aryl methyl sites for hydroxylation is 1. The summed E-state index contributed by atoms with van der Waals surface area (Å²) in [4.78, 5) is 4.33. The Morgan fingerprint density at radius 1 is 1.40 bits per heavy atom. The van der Waals surface area contributed by atoms with Gasteiger partial charge in [0, 0.05) is 18.9 Å². The van der Waals surface area contributed by atoms with Crippen LogP contribution in [0.3, 0.4) is 0 Å². The van der Waals surface area contributed by atoms with E-state index in [4.69, 9.17) is 11.6 Å². The van der Waals surface area contributed by atoms with E-state index in [1.54, 1.807) is 18.1 Å². The van der Waals surface area contributed by atoms with Gasteiger partial charge in [0.1, 0.15) is 17.3 Å². The second-order valence-electron chi connectivity index (χ2n) is 5.39. The molecule has 0 atom stereocenters. The lowest BCUT2D eigenvalue weighted by Gasteiger charge is -2.42. The molecule has 1 aliphatic carbocycles. The number of halogens is 1. The second kappa shape index (κ2) is 5.37. The van der Waals surface area contributed by atoms with Crippen molar-refractivity contribution in [2.45, 2.75) is 36.1 Å². The van der Waals surface area contributed by atoms with E-state index >= 15 is 0 Å². The van der Waals surface area contributed by atoms with Gasteiger partial charge < -0.3 is 4.57 Å². The zero-order valence-electron chi connectivity index (χ0n) is 11.6. The molecule has 6 heteroatoms. The average Bonchev–Trinajstić information content (AvgIpc) is 2.78. The van der Waals surface area contributed by atoms with Crippen molar-refractivity contribution in [2.75, 3.05) is 6.26 Å². The normalized spacial score (nSPS) is 16.9. The SMILES string of the molecule is CSc1cc(C2(Cc3nncn3C)CCC2)cc(Cl)n1. The third-order valence-electron chi connectivity index (χ3n) is 4.20. The number of rotatable bonds is 4. The molecule has 1 aliphatic rings. The first kappa shape index (κ1) is 13.9. The fraction of sp³-hybridized carbons (Fsp3) is 0.500. The van der Waals surface area contributed by atoms with Crippen LogP contribution in [0.5, 0.6) is 0 Å². The van der Waals surface area contributed by atoms with Crippen LogP contribution in [0.1, 0.15) is 30.7 Å². The molecule has 2 heterocycles. The maximum absolute atomic E-state index is 6.17. The van der Waals surface area contributed by atoms with E-state index in [9.17, 15) is 0 Å². The van der Waals surface area contributed by atoms with Crippen LogP contribution in [-0.2, 0) is 18.9 Å². The first-order valence-electron chi connectivity index (χ1n) is 6.68. The summed E-state index contributed by atoms with van der Waals surface area (Å²) in [6.45, 7) is 0. The van der Waals surface area contributed by atoms with Gasteiger partial charge in [-0.1, -0.05) is 18.0 Å². The fourth-order valence-electron chi connectivity index (χ4n) is 2.82. The van der Waals surface area contributed by atoms with Crippen molar-refractivity contribution < 1.29 is 0 Å². The standard InChI is InChI=1S/C14H17ClN4S/c1-19-9-16-18-12(19)8-14(4-3-5-14)10-6-11(15)17-13(7-10)20-2/h6-7,9H,3-5,8H2,1-2H3. The molecule has 0 saturated heterocycles. The van der Waals surface area contributed by atoms with E-state index in [0.29, 0.717) is 5.15 Å². The molecule has 0 amide bonds. The van der Waals surface area contributed by atoms with Crippen molar-refractivity contribution >= 4 is 23.4 Å². The molecule has 106 valence electrons. The van der Waals surface area contributed by atoms with Crippen molar-refractivity contribution in [3.05, 3.63) is 35.0 Å². The quantitative estimate of drug-likeness (QED) is 0.642. The molecule has 1 fully saturated rings. The first-order valence-corrected chi connectivity index (χ1v) is 8.28. The third kappa shape index (κ3) is 2.44. The van der Waals surface area contributed by atoms with Gasteiger partial charge in [0.2, 0.25) is 0 Å². The fourth-order valence-corrected chi connectivity index (χ4v) is 3.52. The molecule has 4 nitrogen and oxygen atoms in total. The number of aromatic nitrogens is 4. The molecule has 0 spiro atoms.